The van der Waals surface area contributed by atoms with E-state index in [0.717, 1.165) is 9.99 Å². The van der Waals surface area contributed by atoms with E-state index in [-0.39, 0.29) is 11.9 Å². The Morgan fingerprint density at radius 2 is 2.31 bits per heavy atom. The standard InChI is InChI=1S/C11H14ClIN2O/c1-2-8(14)6-15-11(16)7-3-4-10(13)9(12)5-7/h3-5,8H,2,6,14H2,1H3,(H,15,16). The monoisotopic (exact) mass is 352 g/mol. The predicted octanol–water partition coefficient (Wildman–Crippen LogP) is 2.41. The summed E-state index contributed by atoms with van der Waals surface area (Å²) in [6, 6.07) is 5.23. The molecule has 1 aromatic rings. The van der Waals surface area contributed by atoms with Crippen LogP contribution in [0.1, 0.15) is 23.7 Å². The summed E-state index contributed by atoms with van der Waals surface area (Å²) in [6.45, 7) is 2.47. The molecule has 1 rings (SSSR count). The summed E-state index contributed by atoms with van der Waals surface area (Å²) < 4.78 is 0.932. The van der Waals surface area contributed by atoms with Gasteiger partial charge in [-0.25, -0.2) is 0 Å². The molecule has 3 nitrogen and oxygen atoms in total. The Balaban J connectivity index is 2.63. The van der Waals surface area contributed by atoms with Gasteiger partial charge in [0.15, 0.2) is 0 Å². The van der Waals surface area contributed by atoms with E-state index in [9.17, 15) is 4.79 Å². The van der Waals surface area contributed by atoms with E-state index in [0.29, 0.717) is 17.1 Å². The lowest BCUT2D eigenvalue weighted by molar-refractivity contribution is 0.0951. The van der Waals surface area contributed by atoms with Gasteiger partial charge in [-0.05, 0) is 47.2 Å². The lowest BCUT2D eigenvalue weighted by atomic mass is 10.2. The Kier molecular flexibility index (Phi) is 5.51. The zero-order valence-corrected chi connectivity index (χ0v) is 11.9. The molecule has 0 aliphatic carbocycles. The van der Waals surface area contributed by atoms with Crippen molar-refractivity contribution in [1.29, 1.82) is 0 Å². The van der Waals surface area contributed by atoms with Crippen molar-refractivity contribution in [2.45, 2.75) is 19.4 Å². The molecule has 0 saturated heterocycles. The van der Waals surface area contributed by atoms with Crippen molar-refractivity contribution in [3.63, 3.8) is 0 Å². The number of amides is 1. The van der Waals surface area contributed by atoms with Gasteiger partial charge >= 0.3 is 0 Å². The van der Waals surface area contributed by atoms with Gasteiger partial charge in [-0.2, -0.15) is 0 Å². The number of halogens is 2. The van der Waals surface area contributed by atoms with Crippen molar-refractivity contribution >= 4 is 40.1 Å². The minimum atomic E-state index is -0.137. The third kappa shape index (κ3) is 3.92. The third-order valence-electron chi connectivity index (χ3n) is 2.23. The van der Waals surface area contributed by atoms with Crippen LogP contribution in [0.2, 0.25) is 5.02 Å². The van der Waals surface area contributed by atoms with Crippen LogP contribution in [0.3, 0.4) is 0 Å². The highest BCUT2D eigenvalue weighted by Gasteiger charge is 2.08. The summed E-state index contributed by atoms with van der Waals surface area (Å²) in [7, 11) is 0. The fourth-order valence-corrected chi connectivity index (χ4v) is 1.62. The average molecular weight is 353 g/mol. The van der Waals surface area contributed by atoms with Crippen molar-refractivity contribution in [2.24, 2.45) is 5.73 Å². The normalized spacial score (nSPS) is 12.2. The van der Waals surface area contributed by atoms with Gasteiger partial charge in [0.05, 0.1) is 5.02 Å². The largest absolute Gasteiger partial charge is 0.350 e. The molecule has 0 aliphatic heterocycles. The Morgan fingerprint density at radius 1 is 1.62 bits per heavy atom. The van der Waals surface area contributed by atoms with E-state index >= 15 is 0 Å². The first-order valence-electron chi connectivity index (χ1n) is 5.03. The molecule has 0 bridgehead atoms. The molecule has 0 radical (unpaired) electrons. The van der Waals surface area contributed by atoms with Crippen molar-refractivity contribution in [2.75, 3.05) is 6.54 Å². The summed E-state index contributed by atoms with van der Waals surface area (Å²) in [5.74, 6) is -0.137. The topological polar surface area (TPSA) is 55.1 Å². The van der Waals surface area contributed by atoms with Crippen LogP contribution in [0.25, 0.3) is 0 Å². The second kappa shape index (κ2) is 6.42. The van der Waals surface area contributed by atoms with Crippen LogP contribution in [-0.4, -0.2) is 18.5 Å². The molecule has 0 heterocycles. The Bertz CT molecular complexity index is 384. The lowest BCUT2D eigenvalue weighted by Gasteiger charge is -2.10. The Morgan fingerprint density at radius 3 is 2.88 bits per heavy atom. The second-order valence-corrected chi connectivity index (χ2v) is 5.08. The molecular formula is C11H14ClIN2O. The Hall–Kier alpha value is -0.330. The first-order chi connectivity index (χ1) is 7.54. The minimum Gasteiger partial charge on any atom is -0.350 e. The van der Waals surface area contributed by atoms with E-state index in [4.69, 9.17) is 17.3 Å². The fraction of sp³-hybridized carbons (Fsp3) is 0.364. The van der Waals surface area contributed by atoms with Gasteiger partial charge in [0.1, 0.15) is 0 Å². The number of nitrogens with two attached hydrogens (primary N) is 1. The molecule has 1 atom stereocenters. The lowest BCUT2D eigenvalue weighted by Crippen LogP contribution is -2.36. The molecule has 0 spiro atoms. The molecule has 0 fully saturated rings. The maximum atomic E-state index is 11.7. The summed E-state index contributed by atoms with van der Waals surface area (Å²) in [5, 5.41) is 3.36. The summed E-state index contributed by atoms with van der Waals surface area (Å²) in [4.78, 5) is 11.7. The molecule has 1 unspecified atom stereocenters. The fourth-order valence-electron chi connectivity index (χ4n) is 1.11. The summed E-state index contributed by atoms with van der Waals surface area (Å²) in [5.41, 5.74) is 6.27. The van der Waals surface area contributed by atoms with Crippen LogP contribution in [0, 0.1) is 3.57 Å². The van der Waals surface area contributed by atoms with Crippen LogP contribution in [0.4, 0.5) is 0 Å². The van der Waals surface area contributed by atoms with Gasteiger partial charge in [0.2, 0.25) is 0 Å². The first-order valence-corrected chi connectivity index (χ1v) is 6.49. The molecule has 0 aliphatic rings. The number of hydrogen-bond acceptors (Lipinski definition) is 2. The van der Waals surface area contributed by atoms with Crippen molar-refractivity contribution in [3.8, 4) is 0 Å². The van der Waals surface area contributed by atoms with Crippen LogP contribution >= 0.6 is 34.2 Å². The van der Waals surface area contributed by atoms with Crippen LogP contribution < -0.4 is 11.1 Å². The minimum absolute atomic E-state index is 0.00303. The van der Waals surface area contributed by atoms with E-state index < -0.39 is 0 Å². The summed E-state index contributed by atoms with van der Waals surface area (Å²) in [6.07, 6.45) is 0.841. The molecular weight excluding hydrogens is 338 g/mol. The Labute approximate surface area is 114 Å². The third-order valence-corrected chi connectivity index (χ3v) is 3.80. The average Bonchev–Trinajstić information content (AvgIpc) is 2.29. The maximum absolute atomic E-state index is 11.7. The second-order valence-electron chi connectivity index (χ2n) is 3.51. The number of benzene rings is 1. The van der Waals surface area contributed by atoms with Gasteiger partial charge in [0.25, 0.3) is 5.91 Å². The van der Waals surface area contributed by atoms with Crippen LogP contribution in [-0.2, 0) is 0 Å². The van der Waals surface area contributed by atoms with E-state index in [1.165, 1.54) is 0 Å². The van der Waals surface area contributed by atoms with Crippen LogP contribution in [0.15, 0.2) is 18.2 Å². The molecule has 3 N–H and O–H groups in total. The zero-order chi connectivity index (χ0) is 12.1. The van der Waals surface area contributed by atoms with Gasteiger partial charge in [-0.1, -0.05) is 18.5 Å². The molecule has 0 saturated carbocycles. The highest BCUT2D eigenvalue weighted by atomic mass is 127. The van der Waals surface area contributed by atoms with Crippen molar-refractivity contribution in [3.05, 3.63) is 32.4 Å². The van der Waals surface area contributed by atoms with Crippen molar-refractivity contribution < 1.29 is 4.79 Å². The smallest absolute Gasteiger partial charge is 0.251 e. The molecule has 5 heteroatoms. The highest BCUT2D eigenvalue weighted by molar-refractivity contribution is 14.1. The highest BCUT2D eigenvalue weighted by Crippen LogP contribution is 2.19. The predicted molar refractivity (Wildman–Crippen MR) is 74.8 cm³/mol. The number of carbonyl (C=O) groups is 1. The summed E-state index contributed by atoms with van der Waals surface area (Å²) >= 11 is 8.05. The van der Waals surface area contributed by atoms with Gasteiger partial charge in [0, 0.05) is 21.7 Å². The number of hydrogen-bond donors (Lipinski definition) is 2. The van der Waals surface area contributed by atoms with E-state index in [1.807, 2.05) is 13.0 Å². The first kappa shape index (κ1) is 13.7. The molecule has 16 heavy (non-hydrogen) atoms. The quantitative estimate of drug-likeness (QED) is 0.818. The van der Waals surface area contributed by atoms with Crippen LogP contribution in [0.5, 0.6) is 0 Å². The molecule has 0 aromatic heterocycles. The van der Waals surface area contributed by atoms with Gasteiger partial charge in [-0.3, -0.25) is 4.79 Å². The maximum Gasteiger partial charge on any atom is 0.251 e. The number of nitrogens with one attached hydrogen (secondary N) is 1. The SMILES string of the molecule is CCC(N)CNC(=O)c1ccc(I)c(Cl)c1. The molecule has 88 valence electrons. The molecule has 1 amide bonds. The zero-order valence-electron chi connectivity index (χ0n) is 8.97. The van der Waals surface area contributed by atoms with E-state index in [2.05, 4.69) is 27.9 Å². The van der Waals surface area contributed by atoms with E-state index in [1.54, 1.807) is 12.1 Å². The molecule has 1 aromatic carbocycles. The van der Waals surface area contributed by atoms with Crippen molar-refractivity contribution in [1.82, 2.24) is 5.32 Å². The number of rotatable bonds is 4. The van der Waals surface area contributed by atoms with Gasteiger partial charge in [-0.15, -0.1) is 0 Å². The number of carbonyl (C=O) groups excluding carboxylic acids is 1. The van der Waals surface area contributed by atoms with Gasteiger partial charge < -0.3 is 11.1 Å².